The Hall–Kier alpha value is -2.38. The van der Waals surface area contributed by atoms with Crippen LogP contribution in [-0.4, -0.2) is 24.2 Å². The Labute approximate surface area is 319 Å². The van der Waals surface area contributed by atoms with Gasteiger partial charge in [-0.1, -0.05) is 160 Å². The molecule has 252 valence electrons. The van der Waals surface area contributed by atoms with Crippen LogP contribution in [0.3, 0.4) is 0 Å². The second-order valence-electron chi connectivity index (χ2n) is 16.3. The van der Waals surface area contributed by atoms with Gasteiger partial charge in [-0.05, 0) is 16.7 Å². The summed E-state index contributed by atoms with van der Waals surface area (Å²) in [5, 5.41) is 11.9. The Morgan fingerprint density at radius 1 is 0.510 bits per heavy atom. The van der Waals surface area contributed by atoms with Crippen molar-refractivity contribution in [1.29, 1.82) is 0 Å². The Morgan fingerprint density at radius 3 is 1.27 bits per heavy atom. The van der Waals surface area contributed by atoms with Crippen LogP contribution in [0.15, 0.2) is 109 Å². The first-order valence-corrected chi connectivity index (χ1v) is 27.1. The second kappa shape index (κ2) is 15.1. The van der Waals surface area contributed by atoms with Crippen LogP contribution in [0.25, 0.3) is 43.8 Å². The van der Waals surface area contributed by atoms with E-state index in [0.717, 1.165) is 5.54 Å². The van der Waals surface area contributed by atoms with Gasteiger partial charge in [0.1, 0.15) is 0 Å². The summed E-state index contributed by atoms with van der Waals surface area (Å²) in [6.07, 6.45) is 6.86. The van der Waals surface area contributed by atoms with Crippen molar-refractivity contribution in [2.45, 2.75) is 83.5 Å². The molecule has 0 radical (unpaired) electrons. The van der Waals surface area contributed by atoms with Gasteiger partial charge in [-0.2, -0.15) is 12.1 Å². The molecule has 0 amide bonds. The third-order valence-corrected chi connectivity index (χ3v) is 20.6. The summed E-state index contributed by atoms with van der Waals surface area (Å²) in [5.41, 5.74) is 6.21. The smallest absolute Gasteiger partial charge is 0.358 e. The normalized spacial score (nSPS) is 14.3. The molecule has 1 aliphatic carbocycles. The van der Waals surface area contributed by atoms with E-state index in [-0.39, 0.29) is 40.7 Å². The fraction of sp³-hybridized carbons (Fsp3) is 0.289. The molecule has 0 saturated heterocycles. The van der Waals surface area contributed by atoms with Crippen molar-refractivity contribution in [3.63, 3.8) is 0 Å². The molecule has 7 rings (SSSR count). The van der Waals surface area contributed by atoms with Crippen molar-refractivity contribution in [3.05, 3.63) is 124 Å². The molecule has 6 aromatic rings. The molecule has 0 unspecified atom stereocenters. The molecule has 49 heavy (non-hydrogen) atoms. The fourth-order valence-corrected chi connectivity index (χ4v) is 15.2. The van der Waals surface area contributed by atoms with Crippen LogP contribution < -0.4 is 20.7 Å². The molecule has 6 aromatic carbocycles. The summed E-state index contributed by atoms with van der Waals surface area (Å²) in [6, 6.07) is 43.3. The van der Waals surface area contributed by atoms with Crippen molar-refractivity contribution in [2.24, 2.45) is 0 Å². The van der Waals surface area contributed by atoms with Gasteiger partial charge in [0.15, 0.2) is 0 Å². The second-order valence-corrected chi connectivity index (χ2v) is 30.8. The first-order chi connectivity index (χ1) is 21.9. The van der Waals surface area contributed by atoms with E-state index in [4.69, 9.17) is 0 Å². The van der Waals surface area contributed by atoms with Crippen LogP contribution in [0, 0.1) is 14.9 Å². The fourth-order valence-electron chi connectivity index (χ4n) is 8.19. The van der Waals surface area contributed by atoms with Crippen molar-refractivity contribution in [1.82, 2.24) is 0 Å². The summed E-state index contributed by atoms with van der Waals surface area (Å²) < 4.78 is 0. The zero-order valence-electron chi connectivity index (χ0n) is 31.5. The minimum absolute atomic E-state index is 0. The zero-order valence-corrected chi connectivity index (χ0v) is 38.1. The predicted octanol–water partition coefficient (Wildman–Crippen LogP) is 11.3. The van der Waals surface area contributed by atoms with Crippen molar-refractivity contribution in [3.8, 4) is 22.3 Å². The van der Waals surface area contributed by atoms with E-state index in [1.165, 1.54) is 86.3 Å². The number of hydrogen-bond donors (Lipinski definition) is 0. The van der Waals surface area contributed by atoms with E-state index in [1.54, 1.807) is 10.4 Å². The Kier molecular flexibility index (Phi) is 12.1. The predicted molar refractivity (Wildman–Crippen MR) is 226 cm³/mol. The van der Waals surface area contributed by atoms with Crippen molar-refractivity contribution in [2.75, 3.05) is 0 Å². The van der Waals surface area contributed by atoms with Gasteiger partial charge in [0, 0.05) is 0 Å². The Morgan fingerprint density at radius 2 is 0.898 bits per heavy atom. The monoisotopic (exact) mass is 860 g/mol. The van der Waals surface area contributed by atoms with Crippen LogP contribution >= 0.6 is 0 Å². The third kappa shape index (κ3) is 7.49. The largest absolute Gasteiger partial charge is 4.00 e. The van der Waals surface area contributed by atoms with Gasteiger partial charge in [-0.15, -0.1) is 68.3 Å². The maximum absolute atomic E-state index is 2.70. The average molecular weight is 860 g/mol. The van der Waals surface area contributed by atoms with Gasteiger partial charge in [0.25, 0.3) is 0 Å². The number of hydrogen-bond acceptors (Lipinski definition) is 0. The van der Waals surface area contributed by atoms with E-state index in [9.17, 15) is 0 Å². The Bertz CT molecular complexity index is 1850. The molecule has 0 aliphatic heterocycles. The third-order valence-electron chi connectivity index (χ3n) is 11.2. The van der Waals surface area contributed by atoms with Gasteiger partial charge in [-0.25, -0.2) is 0 Å². The molecular formula is C45H56HfSi3. The maximum Gasteiger partial charge on any atom is 4.00 e. The minimum atomic E-state index is -2.07. The zero-order chi connectivity index (χ0) is 32.3. The molecule has 0 spiro atoms. The summed E-state index contributed by atoms with van der Waals surface area (Å²) in [6.45, 7) is 17.3. The van der Waals surface area contributed by atoms with E-state index in [0.29, 0.717) is 0 Å². The van der Waals surface area contributed by atoms with Crippen LogP contribution in [0.5, 0.6) is 0 Å². The molecule has 0 N–H and O–H groups in total. The van der Waals surface area contributed by atoms with Gasteiger partial charge in [0.2, 0.25) is 0 Å². The summed E-state index contributed by atoms with van der Waals surface area (Å²) in [5.74, 6) is 0. The average Bonchev–Trinajstić information content (AvgIpc) is 3.70. The van der Waals surface area contributed by atoms with Gasteiger partial charge in [-0.3, -0.25) is 0 Å². The molecule has 0 bridgehead atoms. The van der Waals surface area contributed by atoms with E-state index >= 15 is 0 Å². The van der Waals surface area contributed by atoms with Gasteiger partial charge in [0.05, 0.1) is 24.2 Å². The molecule has 1 fully saturated rings. The molecule has 0 nitrogen and oxygen atoms in total. The summed E-state index contributed by atoms with van der Waals surface area (Å²) in [4.78, 5) is 0. The first kappa shape index (κ1) is 39.4. The quantitative estimate of drug-likeness (QED) is 0.111. The topological polar surface area (TPSA) is 0 Å². The van der Waals surface area contributed by atoms with E-state index in [1.807, 2.05) is 0 Å². The molecule has 1 aliphatic rings. The molecule has 1 saturated carbocycles. The number of benzene rings is 4. The first-order valence-electron chi connectivity index (χ1n) is 17.5. The van der Waals surface area contributed by atoms with E-state index in [2.05, 4.69) is 155 Å². The van der Waals surface area contributed by atoms with Crippen LogP contribution in [0.4, 0.5) is 0 Å². The standard InChI is InChI=1S/C43H50Si3.2CH3.Hf/c1-44(2,3)35-23-19-31(20-24-35)40-17-11-13-33-27-38(29-42(33)40)46(7,37-15-9-8-10-16-37)39-28-34-14-12-18-41(43(34)30-39)32-21-25-36(26-22-32)45(4,5)6;;;/h11-14,17-30,37H,8-10,15-16H2,1-7H3;2*1H3;/q-2;2*-1;+4. The van der Waals surface area contributed by atoms with Crippen molar-refractivity contribution < 1.29 is 25.8 Å². The summed E-state index contributed by atoms with van der Waals surface area (Å²) in [7, 11) is -4.73. The van der Waals surface area contributed by atoms with Crippen LogP contribution in [-0.2, 0) is 25.8 Å². The maximum atomic E-state index is 2.70. The van der Waals surface area contributed by atoms with Crippen LogP contribution in [0.2, 0.25) is 51.4 Å². The molecule has 4 heteroatoms. The molecule has 0 heterocycles. The van der Waals surface area contributed by atoms with E-state index < -0.39 is 24.2 Å². The molecule has 0 atom stereocenters. The minimum Gasteiger partial charge on any atom is -0.358 e. The number of rotatable bonds is 7. The SMILES string of the molecule is C[Si](C)(C)c1ccc(-c2cccc3[cH-]c([Si](C)(c4cc5c(-c6ccc([Si](C)(C)C)cc6)cccc5[cH-]4)C4CCCCC4)cc23)cc1.[CH3-].[CH3-].[Hf+4]. The summed E-state index contributed by atoms with van der Waals surface area (Å²) >= 11 is 0. The number of fused-ring (bicyclic) bond motifs is 2. The molecule has 0 aromatic heterocycles. The Balaban J connectivity index is 0.00000180. The van der Waals surface area contributed by atoms with Crippen molar-refractivity contribution >= 4 is 66.5 Å². The van der Waals surface area contributed by atoms with Gasteiger partial charge >= 0.3 is 25.8 Å². The van der Waals surface area contributed by atoms with Gasteiger partial charge < -0.3 is 14.9 Å². The van der Waals surface area contributed by atoms with Crippen LogP contribution in [0.1, 0.15) is 32.1 Å². The molecular weight excluding hydrogens is 803 g/mol.